The van der Waals surface area contributed by atoms with Crippen molar-refractivity contribution >= 4 is 38.5 Å². The first-order valence-corrected chi connectivity index (χ1v) is 12.6. The van der Waals surface area contributed by atoms with Crippen molar-refractivity contribution in [2.75, 3.05) is 7.11 Å². The Morgan fingerprint density at radius 1 is 1.12 bits per heavy atom. The summed E-state index contributed by atoms with van der Waals surface area (Å²) in [4.78, 5) is 17.1. The molecule has 0 saturated heterocycles. The van der Waals surface area contributed by atoms with Crippen molar-refractivity contribution in [2.24, 2.45) is 5.92 Å². The molecule has 2 aromatic heterocycles. The number of nitrogens with zero attached hydrogens (tertiary/aromatic N) is 1. The number of ether oxygens (including phenoxy) is 1. The van der Waals surface area contributed by atoms with Crippen LogP contribution in [0.1, 0.15) is 18.4 Å². The number of thiophene rings is 1. The zero-order valence-electron chi connectivity index (χ0n) is 18.3. The molecule has 3 atom stereocenters. The van der Waals surface area contributed by atoms with Crippen molar-refractivity contribution in [3.8, 4) is 16.5 Å². The molecule has 2 heterocycles. The largest absolute Gasteiger partial charge is 0.503 e. The molecule has 1 aliphatic carbocycles. The van der Waals surface area contributed by atoms with Gasteiger partial charge in [0.2, 0.25) is 10.0 Å². The number of sulfonamides is 1. The lowest BCUT2D eigenvalue weighted by Gasteiger charge is -2.04. The molecule has 1 aliphatic rings. The van der Waals surface area contributed by atoms with Gasteiger partial charge in [0.1, 0.15) is 15.8 Å². The number of fused-ring (bicyclic) bond motifs is 1. The first-order chi connectivity index (χ1) is 16.2. The van der Waals surface area contributed by atoms with E-state index < -0.39 is 16.2 Å². The number of rotatable bonds is 6. The summed E-state index contributed by atoms with van der Waals surface area (Å²) in [6, 6.07) is 19.0. The van der Waals surface area contributed by atoms with E-state index in [0.717, 1.165) is 21.7 Å². The van der Waals surface area contributed by atoms with E-state index in [1.165, 1.54) is 16.9 Å². The molecule has 0 aliphatic heterocycles. The molecule has 34 heavy (non-hydrogen) atoms. The van der Waals surface area contributed by atoms with Gasteiger partial charge in [0.25, 0.3) is 0 Å². The number of nitrogens with one attached hydrogen (secondary N) is 2. The van der Waals surface area contributed by atoms with Crippen LogP contribution in [0.5, 0.6) is 5.75 Å². The van der Waals surface area contributed by atoms with E-state index in [-0.39, 0.29) is 17.9 Å². The van der Waals surface area contributed by atoms with Crippen molar-refractivity contribution in [3.05, 3.63) is 66.2 Å². The zero-order valence-corrected chi connectivity index (χ0v) is 19.9. The lowest BCUT2D eigenvalue weighted by atomic mass is 10.1. The van der Waals surface area contributed by atoms with E-state index in [0.29, 0.717) is 10.0 Å². The number of aromatic nitrogens is 2. The average molecular weight is 502 g/mol. The van der Waals surface area contributed by atoms with Crippen molar-refractivity contribution < 1.29 is 28.2 Å². The molecule has 0 amide bonds. The van der Waals surface area contributed by atoms with Gasteiger partial charge in [0.05, 0.1) is 23.0 Å². The smallest absolute Gasteiger partial charge is 0.497 e. The van der Waals surface area contributed by atoms with Crippen LogP contribution in [-0.2, 0) is 10.0 Å². The van der Waals surface area contributed by atoms with E-state index in [1.54, 1.807) is 19.2 Å². The molecule has 0 radical (unpaired) electrons. The van der Waals surface area contributed by atoms with Crippen LogP contribution in [0.15, 0.2) is 64.9 Å². The summed E-state index contributed by atoms with van der Waals surface area (Å²) in [6.45, 7) is 2.08. The maximum atomic E-state index is 13.0. The van der Waals surface area contributed by atoms with Crippen molar-refractivity contribution in [1.29, 1.82) is 0 Å². The minimum Gasteiger partial charge on any atom is -0.497 e. The Labute approximate surface area is 200 Å². The third-order valence-electron chi connectivity index (χ3n) is 5.62. The van der Waals surface area contributed by atoms with Gasteiger partial charge >= 0.3 is 6.16 Å². The average Bonchev–Trinajstić information content (AvgIpc) is 3.20. The van der Waals surface area contributed by atoms with E-state index in [2.05, 4.69) is 33.7 Å². The highest BCUT2D eigenvalue weighted by atomic mass is 32.2. The fraction of sp³-hybridized carbons (Fsp3) is 0.217. The Morgan fingerprint density at radius 3 is 2.50 bits per heavy atom. The number of imidazole rings is 1. The molecule has 9 nitrogen and oxygen atoms in total. The Bertz CT molecular complexity index is 1410. The summed E-state index contributed by atoms with van der Waals surface area (Å²) < 4.78 is 34.3. The Kier molecular flexibility index (Phi) is 6.60. The van der Waals surface area contributed by atoms with Crippen molar-refractivity contribution in [1.82, 2.24) is 14.7 Å². The van der Waals surface area contributed by atoms with E-state index in [9.17, 15) is 8.42 Å². The van der Waals surface area contributed by atoms with Crippen LogP contribution < -0.4 is 9.46 Å². The van der Waals surface area contributed by atoms with Crippen molar-refractivity contribution in [2.45, 2.75) is 23.1 Å². The number of hydrogen-bond acceptors (Lipinski definition) is 6. The summed E-state index contributed by atoms with van der Waals surface area (Å²) in [6.07, 6.45) is -1.83. The second-order valence-corrected chi connectivity index (χ2v) is 10.8. The number of carbonyl (C=O) groups is 1. The highest BCUT2D eigenvalue weighted by molar-refractivity contribution is 7.91. The summed E-state index contributed by atoms with van der Waals surface area (Å²) >= 11 is 1.21. The topological polar surface area (TPSA) is 142 Å². The van der Waals surface area contributed by atoms with Crippen LogP contribution >= 0.6 is 11.3 Å². The van der Waals surface area contributed by atoms with Gasteiger partial charge in [0, 0.05) is 18.0 Å². The number of aromatic amines is 1. The van der Waals surface area contributed by atoms with Crippen LogP contribution in [0.4, 0.5) is 4.79 Å². The molecular formula is C23H23N3O6S2. The maximum absolute atomic E-state index is 13.0. The van der Waals surface area contributed by atoms with Gasteiger partial charge in [-0.15, -0.1) is 11.3 Å². The third-order valence-corrected chi connectivity index (χ3v) is 8.67. The fourth-order valence-corrected chi connectivity index (χ4v) is 6.51. The molecule has 1 saturated carbocycles. The van der Waals surface area contributed by atoms with Gasteiger partial charge < -0.3 is 19.9 Å². The predicted molar refractivity (Wildman–Crippen MR) is 129 cm³/mol. The fourth-order valence-electron chi connectivity index (χ4n) is 3.89. The number of methoxy groups -OCH3 is 1. The van der Waals surface area contributed by atoms with Gasteiger partial charge in [-0.3, -0.25) is 0 Å². The number of benzene rings is 2. The van der Waals surface area contributed by atoms with Gasteiger partial charge in [-0.1, -0.05) is 37.3 Å². The normalized spacial score (nSPS) is 19.3. The molecule has 4 N–H and O–H groups in total. The van der Waals surface area contributed by atoms with Gasteiger partial charge in [-0.05, 0) is 35.7 Å². The molecule has 4 aromatic rings. The molecule has 5 rings (SSSR count). The Balaban J connectivity index is 0.000000636. The molecule has 1 fully saturated rings. The summed E-state index contributed by atoms with van der Waals surface area (Å²) in [7, 11) is -1.98. The standard InChI is InChI=1S/C22H21N3O3S2.CH2O3/c1-13-20(14-6-4-3-5-7-14)21(13)25-30(26,27)19-11-10-18(29-19)22-23-16-9-8-15(28-2)12-17(16)24-22;2-1(3)4/h3-13,20-21,25H,1-2H3,(H,23,24);(H2,2,3,4)/t13-,20-,21+;/m1./s1. The van der Waals surface area contributed by atoms with Gasteiger partial charge in [0.15, 0.2) is 0 Å². The van der Waals surface area contributed by atoms with Crippen LogP contribution in [0.2, 0.25) is 0 Å². The Hall–Kier alpha value is -3.41. The SMILES string of the molecule is COc1ccc2nc(-c3ccc(S(=O)(=O)N[C@H]4[C@H](C)[C@@H]4c4ccccc4)s3)[nH]c2c1.O=C(O)O. The third kappa shape index (κ3) is 5.06. The minimum absolute atomic E-state index is 0.0818. The lowest BCUT2D eigenvalue weighted by molar-refractivity contribution is 0.137. The zero-order chi connectivity index (χ0) is 24.5. The minimum atomic E-state index is -3.59. The molecule has 2 aromatic carbocycles. The Morgan fingerprint density at radius 2 is 1.82 bits per heavy atom. The van der Waals surface area contributed by atoms with E-state index in [1.807, 2.05) is 36.4 Å². The lowest BCUT2D eigenvalue weighted by Crippen LogP contribution is -2.27. The molecule has 0 spiro atoms. The van der Waals surface area contributed by atoms with E-state index >= 15 is 0 Å². The van der Waals surface area contributed by atoms with Crippen LogP contribution in [0.3, 0.4) is 0 Å². The van der Waals surface area contributed by atoms with Crippen LogP contribution in [0.25, 0.3) is 21.7 Å². The maximum Gasteiger partial charge on any atom is 0.503 e. The highest BCUT2D eigenvalue weighted by Gasteiger charge is 2.49. The second-order valence-electron chi connectivity index (χ2n) is 7.81. The summed E-state index contributed by atoms with van der Waals surface area (Å²) in [5.74, 6) is 1.87. The summed E-state index contributed by atoms with van der Waals surface area (Å²) in [5.41, 5.74) is 2.82. The van der Waals surface area contributed by atoms with E-state index in [4.69, 9.17) is 19.7 Å². The molecule has 0 bridgehead atoms. The highest BCUT2D eigenvalue weighted by Crippen LogP contribution is 2.48. The summed E-state index contributed by atoms with van der Waals surface area (Å²) in [5, 5.41) is 13.9. The number of carboxylic acid groups (broad SMARTS) is 2. The quantitative estimate of drug-likeness (QED) is 0.302. The van der Waals surface area contributed by atoms with Crippen molar-refractivity contribution in [3.63, 3.8) is 0 Å². The first kappa shape index (κ1) is 23.7. The molecular weight excluding hydrogens is 478 g/mol. The molecule has 178 valence electrons. The second kappa shape index (κ2) is 9.45. The molecule has 11 heteroatoms. The number of hydrogen-bond donors (Lipinski definition) is 4. The van der Waals surface area contributed by atoms with Gasteiger partial charge in [-0.25, -0.2) is 22.9 Å². The van der Waals surface area contributed by atoms with Gasteiger partial charge in [-0.2, -0.15) is 0 Å². The predicted octanol–water partition coefficient (Wildman–Crippen LogP) is 4.60. The first-order valence-electron chi connectivity index (χ1n) is 10.3. The monoisotopic (exact) mass is 501 g/mol. The number of H-pyrrole nitrogens is 1. The van der Waals surface area contributed by atoms with Crippen LogP contribution in [-0.4, -0.2) is 47.9 Å². The van der Waals surface area contributed by atoms with Crippen LogP contribution in [0, 0.1) is 5.92 Å². The molecule has 0 unspecified atom stereocenters.